The first-order chi connectivity index (χ1) is 16.6. The fourth-order valence-electron chi connectivity index (χ4n) is 3.69. The maximum absolute atomic E-state index is 12.8. The number of aromatic amines is 1. The number of pyridine rings is 1. The van der Waals surface area contributed by atoms with E-state index in [9.17, 15) is 4.79 Å². The van der Waals surface area contributed by atoms with Crippen LogP contribution in [0.25, 0.3) is 33.9 Å². The highest BCUT2D eigenvalue weighted by molar-refractivity contribution is 6.30. The third kappa shape index (κ3) is 4.41. The monoisotopic (exact) mass is 472 g/mol. The van der Waals surface area contributed by atoms with Crippen LogP contribution in [0, 0.1) is 0 Å². The molecule has 0 spiro atoms. The first kappa shape index (κ1) is 21.8. The van der Waals surface area contributed by atoms with Gasteiger partial charge in [-0.2, -0.15) is 0 Å². The molecule has 170 valence electrons. The summed E-state index contributed by atoms with van der Waals surface area (Å²) >= 11 is 6.01. The number of rotatable bonds is 7. The Morgan fingerprint density at radius 2 is 1.97 bits per heavy atom. The summed E-state index contributed by atoms with van der Waals surface area (Å²) in [6, 6.07) is 18.2. The molecule has 9 heteroatoms. The molecule has 2 N–H and O–H groups in total. The van der Waals surface area contributed by atoms with Crippen LogP contribution in [0.3, 0.4) is 0 Å². The van der Waals surface area contributed by atoms with E-state index >= 15 is 0 Å². The van der Waals surface area contributed by atoms with E-state index in [1.165, 1.54) is 0 Å². The van der Waals surface area contributed by atoms with Crippen molar-refractivity contribution in [2.24, 2.45) is 0 Å². The summed E-state index contributed by atoms with van der Waals surface area (Å²) in [4.78, 5) is 29.7. The van der Waals surface area contributed by atoms with Gasteiger partial charge in [-0.25, -0.2) is 15.0 Å². The molecule has 3 aromatic heterocycles. The first-order valence-corrected chi connectivity index (χ1v) is 11.0. The Labute approximate surface area is 200 Å². The highest BCUT2D eigenvalue weighted by atomic mass is 35.5. The predicted molar refractivity (Wildman–Crippen MR) is 132 cm³/mol. The number of benzene rings is 2. The Hall–Kier alpha value is -4.01. The fourth-order valence-corrected chi connectivity index (χ4v) is 3.81. The van der Waals surface area contributed by atoms with E-state index in [4.69, 9.17) is 26.3 Å². The molecule has 0 saturated heterocycles. The van der Waals surface area contributed by atoms with Crippen molar-refractivity contribution in [3.05, 3.63) is 83.6 Å². The molecule has 5 rings (SSSR count). The van der Waals surface area contributed by atoms with Gasteiger partial charge in [0, 0.05) is 42.2 Å². The lowest BCUT2D eigenvalue weighted by atomic mass is 10.2. The number of aromatic nitrogens is 5. The van der Waals surface area contributed by atoms with Crippen LogP contribution >= 0.6 is 11.6 Å². The Balaban J connectivity index is 1.52. The van der Waals surface area contributed by atoms with Gasteiger partial charge >= 0.3 is 0 Å². The number of carbonyl (C=O) groups excluding carboxylic acids is 1. The van der Waals surface area contributed by atoms with Crippen molar-refractivity contribution in [2.75, 3.05) is 19.0 Å². The molecule has 0 aliphatic heterocycles. The number of imidazole rings is 2. The lowest BCUT2D eigenvalue weighted by Crippen LogP contribution is -2.13. The Morgan fingerprint density at radius 3 is 2.74 bits per heavy atom. The van der Waals surface area contributed by atoms with Crippen LogP contribution in [0.4, 0.5) is 5.82 Å². The smallest absolute Gasteiger partial charge is 0.256 e. The molecule has 0 fully saturated rings. The summed E-state index contributed by atoms with van der Waals surface area (Å²) in [6.45, 7) is 1.04. The minimum Gasteiger partial charge on any atom is -0.383 e. The number of anilines is 1. The maximum Gasteiger partial charge on any atom is 0.256 e. The number of H-pyrrole nitrogens is 1. The molecule has 0 bridgehead atoms. The third-order valence-corrected chi connectivity index (χ3v) is 5.61. The summed E-state index contributed by atoms with van der Waals surface area (Å²) < 4.78 is 7.33. The van der Waals surface area contributed by atoms with Gasteiger partial charge < -0.3 is 19.6 Å². The van der Waals surface area contributed by atoms with Gasteiger partial charge in [-0.1, -0.05) is 17.7 Å². The van der Waals surface area contributed by atoms with E-state index in [1.54, 1.807) is 31.5 Å². The van der Waals surface area contributed by atoms with E-state index in [2.05, 4.69) is 15.3 Å². The number of amides is 1. The normalized spacial score (nSPS) is 11.1. The zero-order chi connectivity index (χ0) is 23.5. The molecule has 0 saturated carbocycles. The number of hydrogen-bond donors (Lipinski definition) is 2. The van der Waals surface area contributed by atoms with Crippen molar-refractivity contribution in [1.82, 2.24) is 24.5 Å². The second kappa shape index (κ2) is 9.46. The van der Waals surface area contributed by atoms with Crippen LogP contribution in [-0.2, 0) is 11.3 Å². The molecule has 5 aromatic rings. The third-order valence-electron chi connectivity index (χ3n) is 5.36. The van der Waals surface area contributed by atoms with E-state index in [-0.39, 0.29) is 5.91 Å². The number of hydrogen-bond acceptors (Lipinski definition) is 5. The van der Waals surface area contributed by atoms with Gasteiger partial charge in [-0.05, 0) is 54.6 Å². The van der Waals surface area contributed by atoms with Crippen LogP contribution in [0.1, 0.15) is 10.4 Å². The van der Waals surface area contributed by atoms with Gasteiger partial charge in [0.1, 0.15) is 17.3 Å². The molecule has 8 nitrogen and oxygen atoms in total. The number of ether oxygens (including phenoxy) is 1. The molecule has 1 amide bonds. The van der Waals surface area contributed by atoms with Crippen molar-refractivity contribution in [1.29, 1.82) is 0 Å². The van der Waals surface area contributed by atoms with Crippen LogP contribution < -0.4 is 5.32 Å². The Morgan fingerprint density at radius 1 is 1.12 bits per heavy atom. The molecular formula is C25H21ClN6O2. The summed E-state index contributed by atoms with van der Waals surface area (Å²) in [7, 11) is 1.65. The molecule has 0 aliphatic rings. The Kier molecular flexibility index (Phi) is 6.07. The molecule has 0 aliphatic carbocycles. The van der Waals surface area contributed by atoms with Crippen LogP contribution in [0.5, 0.6) is 0 Å². The zero-order valence-electron chi connectivity index (χ0n) is 18.3. The number of nitrogens with one attached hydrogen (secondary N) is 2. The average Bonchev–Trinajstić information content (AvgIpc) is 3.48. The topological polar surface area (TPSA) is 97.7 Å². The first-order valence-electron chi connectivity index (χ1n) is 10.7. The van der Waals surface area contributed by atoms with Crippen molar-refractivity contribution in [3.8, 4) is 22.9 Å². The standard InChI is InChI=1S/C25H21ClN6O2/c1-34-13-12-32-21-14-17(25(33)31-22-4-2-3-11-27-22)7-10-19(21)30-24(32)20-15-28-23(29-20)16-5-8-18(26)9-6-16/h2-11,14-15H,12-13H2,1H3,(H,28,29)(H,27,31,33). The number of nitrogens with zero attached hydrogens (tertiary/aromatic N) is 4. The Bertz CT molecular complexity index is 1440. The fraction of sp³-hybridized carbons (Fsp3) is 0.120. The number of carbonyl (C=O) groups is 1. The summed E-state index contributed by atoms with van der Waals surface area (Å²) in [5, 5.41) is 3.48. The van der Waals surface area contributed by atoms with Crippen molar-refractivity contribution in [3.63, 3.8) is 0 Å². The summed E-state index contributed by atoms with van der Waals surface area (Å²) in [5.41, 5.74) is 3.70. The zero-order valence-corrected chi connectivity index (χ0v) is 19.1. The molecule has 2 aromatic carbocycles. The van der Waals surface area contributed by atoms with Gasteiger partial charge in [-0.15, -0.1) is 0 Å². The molecule has 0 unspecified atom stereocenters. The quantitative estimate of drug-likeness (QED) is 0.346. The van der Waals surface area contributed by atoms with E-state index in [1.807, 2.05) is 53.2 Å². The molecule has 0 atom stereocenters. The van der Waals surface area contributed by atoms with Gasteiger partial charge in [0.2, 0.25) is 0 Å². The maximum atomic E-state index is 12.8. The second-order valence-electron chi connectivity index (χ2n) is 7.59. The van der Waals surface area contributed by atoms with Gasteiger partial charge in [0.15, 0.2) is 5.82 Å². The van der Waals surface area contributed by atoms with Crippen molar-refractivity contribution >= 4 is 34.4 Å². The highest BCUT2D eigenvalue weighted by Crippen LogP contribution is 2.27. The minimum atomic E-state index is -0.244. The lowest BCUT2D eigenvalue weighted by Gasteiger charge is -2.08. The van der Waals surface area contributed by atoms with E-state index < -0.39 is 0 Å². The predicted octanol–water partition coefficient (Wildman–Crippen LogP) is 5.04. The average molecular weight is 473 g/mol. The molecule has 34 heavy (non-hydrogen) atoms. The number of fused-ring (bicyclic) bond motifs is 1. The summed E-state index contributed by atoms with van der Waals surface area (Å²) in [5.74, 6) is 1.65. The van der Waals surface area contributed by atoms with Crippen LogP contribution in [-0.4, -0.2) is 44.1 Å². The number of methoxy groups -OCH3 is 1. The van der Waals surface area contributed by atoms with Crippen LogP contribution in [0.2, 0.25) is 5.02 Å². The lowest BCUT2D eigenvalue weighted by molar-refractivity contribution is 0.102. The van der Waals surface area contributed by atoms with Gasteiger partial charge in [-0.3, -0.25) is 4.79 Å². The second-order valence-corrected chi connectivity index (χ2v) is 8.03. The number of halogens is 1. The molecule has 3 heterocycles. The highest BCUT2D eigenvalue weighted by Gasteiger charge is 2.18. The summed E-state index contributed by atoms with van der Waals surface area (Å²) in [6.07, 6.45) is 3.45. The van der Waals surface area contributed by atoms with E-state index in [0.29, 0.717) is 46.9 Å². The van der Waals surface area contributed by atoms with Crippen molar-refractivity contribution < 1.29 is 9.53 Å². The van der Waals surface area contributed by atoms with Gasteiger partial charge in [0.25, 0.3) is 5.91 Å². The largest absolute Gasteiger partial charge is 0.383 e. The van der Waals surface area contributed by atoms with Crippen molar-refractivity contribution in [2.45, 2.75) is 6.54 Å². The van der Waals surface area contributed by atoms with E-state index in [0.717, 1.165) is 16.6 Å². The van der Waals surface area contributed by atoms with Crippen LogP contribution in [0.15, 0.2) is 73.1 Å². The molecule has 0 radical (unpaired) electrons. The van der Waals surface area contributed by atoms with Gasteiger partial charge in [0.05, 0.1) is 17.6 Å². The SMILES string of the molecule is COCCn1c(-c2c[nH]c(-c3ccc(Cl)cc3)n2)nc2ccc(C(=O)Nc3ccccn3)cc21. The molecular weight excluding hydrogens is 452 g/mol. The minimum absolute atomic E-state index is 0.244.